The molecule has 1 aliphatic carbocycles. The summed E-state index contributed by atoms with van der Waals surface area (Å²) in [6.07, 6.45) is 6.78. The summed E-state index contributed by atoms with van der Waals surface area (Å²) < 4.78 is 126. The second kappa shape index (κ2) is 12.8. The third-order valence-electron chi connectivity index (χ3n) is 8.16. The Morgan fingerprint density at radius 3 is 1.98 bits per heavy atom. The van der Waals surface area contributed by atoms with Crippen LogP contribution in [-0.2, 0) is 12.0 Å². The summed E-state index contributed by atoms with van der Waals surface area (Å²) in [7, 11) is -3.30. The zero-order valence-corrected chi connectivity index (χ0v) is 24.8. The average molecular weight is 614 g/mol. The number of hydrogen-bond acceptors (Lipinski definition) is 1. The van der Waals surface area contributed by atoms with E-state index in [0.29, 0.717) is 12.5 Å². The molecule has 1 unspecified atom stereocenters. The van der Waals surface area contributed by atoms with Gasteiger partial charge in [-0.25, -0.2) is 22.0 Å². The minimum atomic E-state index is -4.53. The maximum absolute atomic E-state index is 16.0. The lowest BCUT2D eigenvalue weighted by atomic mass is 10.0. The summed E-state index contributed by atoms with van der Waals surface area (Å²) in [6.45, 7) is 5.75. The quantitative estimate of drug-likeness (QED) is 0.0613. The monoisotopic (exact) mass is 613 g/mol. The van der Waals surface area contributed by atoms with E-state index < -0.39 is 77.1 Å². The van der Waals surface area contributed by atoms with Gasteiger partial charge in [0.05, 0.1) is 5.56 Å². The van der Waals surface area contributed by atoms with E-state index in [4.69, 9.17) is 4.43 Å². The van der Waals surface area contributed by atoms with Crippen LogP contribution in [0.25, 0.3) is 11.1 Å². The van der Waals surface area contributed by atoms with E-state index in [1.54, 1.807) is 18.2 Å². The fourth-order valence-electron chi connectivity index (χ4n) is 5.71. The van der Waals surface area contributed by atoms with Gasteiger partial charge in [-0.15, -0.1) is 0 Å². The standard InChI is InChI=1S/C32H33F8OSi/c1-4-5-6-7-8-9-13-16-42(19(2)3,18-20-14-11-10-12-15-20)41-31-29(37)25-24(28(36)30(31)38)23-21(32(25,39)40)17-22(33)26(34)27(23)35/h10-12,14-15,19H,4-9,13,16,18H2,1-3H3. The van der Waals surface area contributed by atoms with Crippen molar-refractivity contribution in [2.75, 3.05) is 0 Å². The third kappa shape index (κ3) is 5.83. The molecule has 1 nitrogen and oxygen atoms in total. The highest BCUT2D eigenvalue weighted by Crippen LogP contribution is 2.56. The smallest absolute Gasteiger partial charge is 0.303 e. The Bertz CT molecular complexity index is 1430. The van der Waals surface area contributed by atoms with Gasteiger partial charge < -0.3 is 4.43 Å². The molecule has 1 aliphatic rings. The van der Waals surface area contributed by atoms with Crippen LogP contribution in [-0.4, -0.2) is 8.32 Å². The Balaban J connectivity index is 1.79. The van der Waals surface area contributed by atoms with Crippen molar-refractivity contribution in [1.29, 1.82) is 0 Å². The Labute approximate surface area is 242 Å². The minimum absolute atomic E-state index is 0.272. The van der Waals surface area contributed by atoms with Crippen LogP contribution < -0.4 is 4.43 Å². The van der Waals surface area contributed by atoms with Gasteiger partial charge >= 0.3 is 5.92 Å². The SMILES string of the molecule is CCCCCCCCC[Si](Cc1ccccc1)(Oc1c(F)c(F)c2c(c1F)C(F)(F)c1[c]c(F)c(F)c(F)c1-2)C(C)C. The second-order valence-electron chi connectivity index (χ2n) is 11.3. The molecule has 0 amide bonds. The van der Waals surface area contributed by atoms with Gasteiger partial charge in [0.25, 0.3) is 8.32 Å². The first-order valence-corrected chi connectivity index (χ1v) is 16.7. The molecule has 42 heavy (non-hydrogen) atoms. The summed E-state index contributed by atoms with van der Waals surface area (Å²) >= 11 is 0. The fourth-order valence-corrected chi connectivity index (χ4v) is 9.64. The Morgan fingerprint density at radius 2 is 1.36 bits per heavy atom. The summed E-state index contributed by atoms with van der Waals surface area (Å²) in [6, 6.07) is 11.1. The number of hydrogen-bond donors (Lipinski definition) is 0. The van der Waals surface area contributed by atoms with E-state index in [1.807, 2.05) is 26.0 Å². The second-order valence-corrected chi connectivity index (χ2v) is 15.6. The van der Waals surface area contributed by atoms with Crippen molar-refractivity contribution in [2.24, 2.45) is 0 Å². The number of rotatable bonds is 13. The number of alkyl halides is 2. The number of halogens is 8. The van der Waals surface area contributed by atoms with Crippen LogP contribution in [0, 0.1) is 41.0 Å². The lowest BCUT2D eigenvalue weighted by molar-refractivity contribution is 0.0425. The maximum atomic E-state index is 16.0. The molecule has 3 aromatic rings. The van der Waals surface area contributed by atoms with E-state index in [2.05, 4.69) is 6.92 Å². The Morgan fingerprint density at radius 1 is 0.762 bits per heavy atom. The highest BCUT2D eigenvalue weighted by molar-refractivity contribution is 6.75. The van der Waals surface area contributed by atoms with Crippen molar-refractivity contribution in [3.8, 4) is 16.9 Å². The Hall–Kier alpha value is -2.88. The lowest BCUT2D eigenvalue weighted by Gasteiger charge is -2.36. The van der Waals surface area contributed by atoms with Crippen LogP contribution >= 0.6 is 0 Å². The average Bonchev–Trinajstić information content (AvgIpc) is 3.19. The molecule has 0 bridgehead atoms. The summed E-state index contributed by atoms with van der Waals surface area (Å²) in [5, 5.41) is 0. The first kappa shape index (κ1) is 32.0. The zero-order chi connectivity index (χ0) is 30.8. The first-order valence-electron chi connectivity index (χ1n) is 14.3. The lowest BCUT2D eigenvalue weighted by Crippen LogP contribution is -2.48. The minimum Gasteiger partial charge on any atom is -0.539 e. The predicted octanol–water partition coefficient (Wildman–Crippen LogP) is 10.7. The van der Waals surface area contributed by atoms with Gasteiger partial charge in [-0.05, 0) is 17.1 Å². The van der Waals surface area contributed by atoms with Crippen LogP contribution in [0.2, 0.25) is 11.6 Å². The molecular formula is C32H33F8OSi. The van der Waals surface area contributed by atoms with Gasteiger partial charge in [0.2, 0.25) is 5.82 Å². The molecule has 3 aromatic carbocycles. The molecular weight excluding hydrogens is 580 g/mol. The maximum Gasteiger partial charge on any atom is 0.303 e. The molecule has 1 radical (unpaired) electrons. The molecule has 0 N–H and O–H groups in total. The highest BCUT2D eigenvalue weighted by Gasteiger charge is 2.54. The van der Waals surface area contributed by atoms with Gasteiger partial charge in [-0.2, -0.15) is 13.2 Å². The van der Waals surface area contributed by atoms with E-state index in [-0.39, 0.29) is 11.6 Å². The summed E-state index contributed by atoms with van der Waals surface area (Å²) in [4.78, 5) is 0. The highest BCUT2D eigenvalue weighted by atomic mass is 28.4. The van der Waals surface area contributed by atoms with Crippen LogP contribution in [0.1, 0.15) is 82.4 Å². The molecule has 0 aromatic heterocycles. The van der Waals surface area contributed by atoms with Crippen molar-refractivity contribution in [1.82, 2.24) is 0 Å². The molecule has 0 heterocycles. The molecule has 227 valence electrons. The van der Waals surface area contributed by atoms with Gasteiger partial charge in [0.1, 0.15) is 0 Å². The van der Waals surface area contributed by atoms with Crippen molar-refractivity contribution in [3.63, 3.8) is 0 Å². The Kier molecular flexibility index (Phi) is 9.74. The van der Waals surface area contributed by atoms with Crippen molar-refractivity contribution < 1.29 is 39.5 Å². The first-order chi connectivity index (χ1) is 19.9. The van der Waals surface area contributed by atoms with Gasteiger partial charge in [0.15, 0.2) is 34.8 Å². The molecule has 0 fully saturated rings. The van der Waals surface area contributed by atoms with Gasteiger partial charge in [-0.1, -0.05) is 96.0 Å². The third-order valence-corrected chi connectivity index (χ3v) is 13.1. The fraction of sp³-hybridized carbons (Fsp3) is 0.438. The summed E-state index contributed by atoms with van der Waals surface area (Å²) in [5.74, 6) is -18.2. The van der Waals surface area contributed by atoms with Crippen LogP contribution in [0.5, 0.6) is 5.75 Å². The normalized spacial score (nSPS) is 15.0. The van der Waals surface area contributed by atoms with Crippen LogP contribution in [0.3, 0.4) is 0 Å². The predicted molar refractivity (Wildman–Crippen MR) is 148 cm³/mol. The number of benzene rings is 3. The van der Waals surface area contributed by atoms with E-state index >= 15 is 22.0 Å². The van der Waals surface area contributed by atoms with Crippen molar-refractivity contribution >= 4 is 8.32 Å². The molecule has 0 saturated carbocycles. The number of fused-ring (bicyclic) bond motifs is 3. The largest absolute Gasteiger partial charge is 0.539 e. The topological polar surface area (TPSA) is 9.23 Å². The molecule has 1 atom stereocenters. The molecule has 0 aliphatic heterocycles. The number of unbranched alkanes of at least 4 members (excludes halogenated alkanes) is 6. The molecule has 0 spiro atoms. The zero-order valence-electron chi connectivity index (χ0n) is 23.8. The van der Waals surface area contributed by atoms with E-state index in [1.165, 1.54) is 6.07 Å². The van der Waals surface area contributed by atoms with Crippen molar-refractivity contribution in [2.45, 2.75) is 89.3 Å². The van der Waals surface area contributed by atoms with Crippen molar-refractivity contribution in [3.05, 3.63) is 88.0 Å². The van der Waals surface area contributed by atoms with Gasteiger partial charge in [-0.3, -0.25) is 0 Å². The molecule has 10 heteroatoms. The van der Waals surface area contributed by atoms with E-state index in [0.717, 1.165) is 44.1 Å². The van der Waals surface area contributed by atoms with E-state index in [9.17, 15) is 13.2 Å². The van der Waals surface area contributed by atoms with Crippen LogP contribution in [0.4, 0.5) is 35.1 Å². The molecule has 0 saturated heterocycles. The van der Waals surface area contributed by atoms with Crippen LogP contribution in [0.15, 0.2) is 30.3 Å². The van der Waals surface area contributed by atoms with Gasteiger partial charge in [0, 0.05) is 28.8 Å². The molecule has 4 rings (SSSR count). The summed E-state index contributed by atoms with van der Waals surface area (Å²) in [5.41, 5.74) is -5.77.